The van der Waals surface area contributed by atoms with Crippen molar-refractivity contribution in [3.8, 4) is 16.9 Å². The van der Waals surface area contributed by atoms with Crippen LogP contribution in [0.4, 0.5) is 11.5 Å². The highest BCUT2D eigenvalue weighted by Crippen LogP contribution is 2.35. The Morgan fingerprint density at radius 1 is 0.957 bits per heavy atom. The number of nitrogens with one attached hydrogen (secondary N) is 1. The van der Waals surface area contributed by atoms with Crippen molar-refractivity contribution in [2.45, 2.75) is 46.8 Å². The number of carbonyl (C=O) groups is 1. The zero-order valence-electron chi connectivity index (χ0n) is 27.1. The van der Waals surface area contributed by atoms with Crippen LogP contribution in [-0.2, 0) is 6.54 Å². The number of aryl methyl sites for hydroxylation is 2. The van der Waals surface area contributed by atoms with Gasteiger partial charge in [-0.1, -0.05) is 42.5 Å². The molecule has 5 aromatic rings. The number of hydrogen-bond acceptors (Lipinski definition) is 7. The fourth-order valence-corrected chi connectivity index (χ4v) is 6.35. The van der Waals surface area contributed by atoms with Crippen LogP contribution in [-0.4, -0.2) is 52.6 Å². The van der Waals surface area contributed by atoms with Crippen LogP contribution in [0.25, 0.3) is 34.2 Å². The van der Waals surface area contributed by atoms with Crippen molar-refractivity contribution in [3.05, 3.63) is 111 Å². The second-order valence-electron chi connectivity index (χ2n) is 12.2. The van der Waals surface area contributed by atoms with E-state index in [4.69, 9.17) is 14.7 Å². The SMILES string of the molecule is COc1cc(/C=C/c2cccc(-c3cccc(Nc4nccc5cc(CN6CC[C@@H](O)C6)c(C)nc45)c3C)c2C)c(C)cc1C=O. The molecule has 6 rings (SSSR count). The van der Waals surface area contributed by atoms with Gasteiger partial charge in [-0.2, -0.15) is 0 Å². The number of likely N-dealkylation sites (tertiary alicyclic amines) is 1. The van der Waals surface area contributed by atoms with Gasteiger partial charge in [0, 0.05) is 42.6 Å². The van der Waals surface area contributed by atoms with E-state index < -0.39 is 0 Å². The number of aliphatic hydroxyl groups is 1. The number of fused-ring (bicyclic) bond motifs is 1. The van der Waals surface area contributed by atoms with E-state index in [0.29, 0.717) is 17.9 Å². The maximum absolute atomic E-state index is 11.4. The highest BCUT2D eigenvalue weighted by Gasteiger charge is 2.21. The third-order valence-electron chi connectivity index (χ3n) is 9.11. The molecule has 0 unspecified atom stereocenters. The number of aromatic nitrogens is 2. The van der Waals surface area contributed by atoms with Crippen LogP contribution in [0, 0.1) is 27.7 Å². The summed E-state index contributed by atoms with van der Waals surface area (Å²) in [5.41, 5.74) is 12.2. The summed E-state index contributed by atoms with van der Waals surface area (Å²) in [7, 11) is 1.58. The van der Waals surface area contributed by atoms with Crippen LogP contribution < -0.4 is 10.1 Å². The molecule has 3 aromatic carbocycles. The number of aldehydes is 1. The topological polar surface area (TPSA) is 87.6 Å². The Kier molecular flexibility index (Phi) is 8.97. The first-order valence-corrected chi connectivity index (χ1v) is 15.7. The molecular weight excluding hydrogens is 572 g/mol. The molecule has 2 N–H and O–H groups in total. The Bertz CT molecular complexity index is 1970. The third kappa shape index (κ3) is 6.29. The standard InChI is InChI=1S/C39H40N4O3/c1-24-18-32(23-44)37(46-5)20-29(24)13-12-28-8-6-9-34(25(28)2)35-10-7-11-36(26(35)3)42-39-38-30(14-16-40-39)19-31(27(4)41-38)21-43-17-15-33(45)22-43/h6-14,16,18-20,23,33,45H,15,17,21-22H2,1-5H3,(H,40,42)/b13-12+/t33-/m1/s1. The molecule has 46 heavy (non-hydrogen) atoms. The molecule has 234 valence electrons. The number of nitrogens with zero attached hydrogens (tertiary/aromatic N) is 3. The molecule has 1 saturated heterocycles. The predicted octanol–water partition coefficient (Wildman–Crippen LogP) is 7.83. The van der Waals surface area contributed by atoms with Crippen molar-refractivity contribution in [1.29, 1.82) is 0 Å². The molecule has 0 radical (unpaired) electrons. The van der Waals surface area contributed by atoms with Gasteiger partial charge in [0.1, 0.15) is 11.3 Å². The Morgan fingerprint density at radius 3 is 2.46 bits per heavy atom. The van der Waals surface area contributed by atoms with E-state index in [1.807, 2.05) is 38.2 Å². The summed E-state index contributed by atoms with van der Waals surface area (Å²) < 4.78 is 5.42. The number of ether oxygens (including phenoxy) is 1. The molecule has 7 nitrogen and oxygen atoms in total. The van der Waals surface area contributed by atoms with Gasteiger partial charge in [-0.3, -0.25) is 9.69 Å². The summed E-state index contributed by atoms with van der Waals surface area (Å²) in [5, 5.41) is 14.6. The van der Waals surface area contributed by atoms with Gasteiger partial charge in [0.15, 0.2) is 12.1 Å². The maximum atomic E-state index is 11.4. The zero-order chi connectivity index (χ0) is 32.4. The third-order valence-corrected chi connectivity index (χ3v) is 9.11. The Hall–Kier alpha value is -4.85. The van der Waals surface area contributed by atoms with Gasteiger partial charge in [-0.15, -0.1) is 0 Å². The first kappa shape index (κ1) is 31.1. The highest BCUT2D eigenvalue weighted by atomic mass is 16.5. The minimum atomic E-state index is -0.239. The second kappa shape index (κ2) is 13.3. The minimum Gasteiger partial charge on any atom is -0.496 e. The van der Waals surface area contributed by atoms with Gasteiger partial charge in [-0.05, 0) is 109 Å². The molecule has 0 aliphatic carbocycles. The van der Waals surface area contributed by atoms with Crippen molar-refractivity contribution < 1.29 is 14.6 Å². The first-order valence-electron chi connectivity index (χ1n) is 15.7. The number of hydrogen-bond donors (Lipinski definition) is 2. The number of aliphatic hydroxyl groups excluding tert-OH is 1. The molecule has 0 spiro atoms. The molecule has 1 aliphatic rings. The summed E-state index contributed by atoms with van der Waals surface area (Å²) in [6.45, 7) is 10.7. The number of rotatable bonds is 9. The average Bonchev–Trinajstić information content (AvgIpc) is 3.46. The maximum Gasteiger partial charge on any atom is 0.156 e. The van der Waals surface area contributed by atoms with Crippen LogP contribution >= 0.6 is 0 Å². The summed E-state index contributed by atoms with van der Waals surface area (Å²) in [4.78, 5) is 23.4. The molecule has 1 fully saturated rings. The van der Waals surface area contributed by atoms with E-state index >= 15 is 0 Å². The monoisotopic (exact) mass is 612 g/mol. The average molecular weight is 613 g/mol. The van der Waals surface area contributed by atoms with Crippen molar-refractivity contribution in [3.63, 3.8) is 0 Å². The van der Waals surface area contributed by atoms with Crippen molar-refractivity contribution in [2.75, 3.05) is 25.5 Å². The van der Waals surface area contributed by atoms with Gasteiger partial charge in [0.05, 0.1) is 18.8 Å². The van der Waals surface area contributed by atoms with Crippen molar-refractivity contribution >= 4 is 40.8 Å². The highest BCUT2D eigenvalue weighted by molar-refractivity contribution is 5.91. The number of anilines is 2. The fraction of sp³-hybridized carbons (Fsp3) is 0.256. The molecule has 0 bridgehead atoms. The van der Waals surface area contributed by atoms with Crippen LogP contribution in [0.2, 0.25) is 0 Å². The summed E-state index contributed by atoms with van der Waals surface area (Å²) in [6.07, 6.45) is 7.43. The lowest BCUT2D eigenvalue weighted by molar-refractivity contribution is 0.112. The lowest BCUT2D eigenvalue weighted by Crippen LogP contribution is -2.22. The van der Waals surface area contributed by atoms with Gasteiger partial charge in [0.25, 0.3) is 0 Å². The number of benzene rings is 3. The summed E-state index contributed by atoms with van der Waals surface area (Å²) in [6, 6.07) is 20.7. The predicted molar refractivity (Wildman–Crippen MR) is 187 cm³/mol. The molecule has 1 aliphatic heterocycles. The Morgan fingerprint density at radius 2 is 1.72 bits per heavy atom. The van der Waals surface area contributed by atoms with E-state index in [1.54, 1.807) is 7.11 Å². The van der Waals surface area contributed by atoms with Crippen molar-refractivity contribution in [1.82, 2.24) is 14.9 Å². The number of methoxy groups -OCH3 is 1. The van der Waals surface area contributed by atoms with Crippen LogP contribution in [0.1, 0.15) is 55.9 Å². The first-order chi connectivity index (χ1) is 22.2. The van der Waals surface area contributed by atoms with Crippen LogP contribution in [0.3, 0.4) is 0 Å². The normalized spacial score (nSPS) is 15.1. The second-order valence-corrected chi connectivity index (χ2v) is 12.2. The largest absolute Gasteiger partial charge is 0.496 e. The van der Waals surface area contributed by atoms with Gasteiger partial charge in [-0.25, -0.2) is 9.97 Å². The van der Waals surface area contributed by atoms with Gasteiger partial charge >= 0.3 is 0 Å². The molecule has 2 aromatic heterocycles. The van der Waals surface area contributed by atoms with E-state index in [1.165, 1.54) is 11.1 Å². The lowest BCUT2D eigenvalue weighted by atomic mass is 9.92. The quantitative estimate of drug-likeness (QED) is 0.130. The summed E-state index contributed by atoms with van der Waals surface area (Å²) in [5.74, 6) is 1.30. The molecule has 3 heterocycles. The number of pyridine rings is 2. The van der Waals surface area contributed by atoms with Gasteiger partial charge < -0.3 is 15.2 Å². The minimum absolute atomic E-state index is 0.239. The number of β-amino-alcohol motifs (C(OH)–C–C–N with tert-alkyl or cyclic N) is 1. The van der Waals surface area contributed by atoms with Crippen molar-refractivity contribution in [2.24, 2.45) is 0 Å². The lowest BCUT2D eigenvalue weighted by Gasteiger charge is -2.18. The van der Waals surface area contributed by atoms with Crippen LogP contribution in [0.15, 0.2) is 66.9 Å². The zero-order valence-corrected chi connectivity index (χ0v) is 27.1. The molecule has 0 saturated carbocycles. The van der Waals surface area contributed by atoms with E-state index in [9.17, 15) is 9.90 Å². The summed E-state index contributed by atoms with van der Waals surface area (Å²) >= 11 is 0. The van der Waals surface area contributed by atoms with E-state index in [2.05, 4.69) is 78.7 Å². The molecule has 1 atom stereocenters. The van der Waals surface area contributed by atoms with Crippen LogP contribution in [0.5, 0.6) is 5.75 Å². The Labute approximate surface area is 270 Å². The number of carbonyl (C=O) groups excluding carboxylic acids is 1. The van der Waals surface area contributed by atoms with E-state index in [0.717, 1.165) is 87.3 Å². The fourth-order valence-electron chi connectivity index (χ4n) is 6.35. The molecule has 7 heteroatoms. The molecular formula is C39H40N4O3. The Balaban J connectivity index is 1.29. The molecule has 0 amide bonds. The van der Waals surface area contributed by atoms with Gasteiger partial charge in [0.2, 0.25) is 0 Å². The smallest absolute Gasteiger partial charge is 0.156 e. The van der Waals surface area contributed by atoms with E-state index in [-0.39, 0.29) is 6.10 Å².